The molecule has 1 aliphatic rings. The molecular weight excluding hydrogens is 392 g/mol. The lowest BCUT2D eigenvalue weighted by Crippen LogP contribution is -2.22. The Labute approximate surface area is 166 Å². The predicted octanol–water partition coefficient (Wildman–Crippen LogP) is 2.36. The van der Waals surface area contributed by atoms with Crippen molar-refractivity contribution < 1.29 is 22.8 Å². The molecule has 3 aromatic rings. The van der Waals surface area contributed by atoms with E-state index in [0.29, 0.717) is 0 Å². The predicted molar refractivity (Wildman–Crippen MR) is 106 cm³/mol. The van der Waals surface area contributed by atoms with Gasteiger partial charge in [-0.1, -0.05) is 36.4 Å². The fourth-order valence-electron chi connectivity index (χ4n) is 3.24. The second kappa shape index (κ2) is 6.68. The van der Waals surface area contributed by atoms with Crippen molar-refractivity contribution in [3.05, 3.63) is 94.5 Å². The van der Waals surface area contributed by atoms with Crippen LogP contribution >= 0.6 is 0 Å². The third-order valence-corrected chi connectivity index (χ3v) is 6.01. The number of ketones is 2. The van der Waals surface area contributed by atoms with E-state index in [4.69, 9.17) is 5.73 Å². The van der Waals surface area contributed by atoms with E-state index < -0.39 is 21.7 Å². The Morgan fingerprint density at radius 1 is 0.759 bits per heavy atom. The molecule has 3 N–H and O–H groups in total. The summed E-state index contributed by atoms with van der Waals surface area (Å²) in [4.78, 5) is 36.8. The molecule has 0 aromatic heterocycles. The van der Waals surface area contributed by atoms with Crippen LogP contribution < -0.4 is 10.5 Å². The Hall–Kier alpha value is -3.78. The average molecular weight is 406 g/mol. The molecule has 0 aliphatic heterocycles. The number of hydrogen-bond donors (Lipinski definition) is 2. The van der Waals surface area contributed by atoms with Crippen LogP contribution in [0.4, 0.5) is 5.69 Å². The third kappa shape index (κ3) is 3.09. The summed E-state index contributed by atoms with van der Waals surface area (Å²) in [5.74, 6) is -1.55. The second-order valence-corrected chi connectivity index (χ2v) is 8.11. The first-order chi connectivity index (χ1) is 13.8. The first kappa shape index (κ1) is 18.6. The zero-order valence-corrected chi connectivity index (χ0v) is 15.7. The SMILES string of the molecule is NC(=O)c1ccccc1NS(=O)(=O)c1ccc2c(c1)C(=O)c1ccccc1C2=O. The van der Waals surface area contributed by atoms with Gasteiger partial charge in [0.05, 0.1) is 16.1 Å². The number of primary amides is 1. The van der Waals surface area contributed by atoms with Gasteiger partial charge in [0.15, 0.2) is 11.6 Å². The molecular formula is C21H14N2O5S. The van der Waals surface area contributed by atoms with Crippen LogP contribution in [0.2, 0.25) is 0 Å². The molecule has 3 aromatic carbocycles. The average Bonchev–Trinajstić information content (AvgIpc) is 2.71. The summed E-state index contributed by atoms with van der Waals surface area (Å²) in [7, 11) is -4.14. The summed E-state index contributed by atoms with van der Waals surface area (Å²) in [5.41, 5.74) is 5.99. The van der Waals surface area contributed by atoms with Crippen LogP contribution in [0.1, 0.15) is 42.2 Å². The zero-order chi connectivity index (χ0) is 20.8. The largest absolute Gasteiger partial charge is 0.366 e. The molecule has 4 rings (SSSR count). The van der Waals surface area contributed by atoms with Gasteiger partial charge in [-0.15, -0.1) is 0 Å². The normalized spacial score (nSPS) is 12.8. The van der Waals surface area contributed by atoms with E-state index in [0.717, 1.165) is 0 Å². The van der Waals surface area contributed by atoms with Gasteiger partial charge in [-0.25, -0.2) is 8.42 Å². The molecule has 7 nitrogen and oxygen atoms in total. The highest BCUT2D eigenvalue weighted by Crippen LogP contribution is 2.29. The summed E-state index contributed by atoms with van der Waals surface area (Å²) >= 11 is 0. The smallest absolute Gasteiger partial charge is 0.261 e. The van der Waals surface area contributed by atoms with Crippen LogP contribution in [-0.4, -0.2) is 25.9 Å². The number of carbonyl (C=O) groups is 3. The fourth-order valence-corrected chi connectivity index (χ4v) is 4.34. The minimum Gasteiger partial charge on any atom is -0.366 e. The number of nitrogens with one attached hydrogen (secondary N) is 1. The summed E-state index contributed by atoms with van der Waals surface area (Å²) in [6.07, 6.45) is 0. The number of rotatable bonds is 4. The number of benzene rings is 3. The van der Waals surface area contributed by atoms with Gasteiger partial charge in [-0.3, -0.25) is 19.1 Å². The lowest BCUT2D eigenvalue weighted by atomic mass is 9.84. The van der Waals surface area contributed by atoms with Gasteiger partial charge in [0.2, 0.25) is 0 Å². The van der Waals surface area contributed by atoms with Crippen molar-refractivity contribution in [2.45, 2.75) is 4.90 Å². The van der Waals surface area contributed by atoms with Crippen LogP contribution in [0.25, 0.3) is 0 Å². The zero-order valence-electron chi connectivity index (χ0n) is 14.9. The fraction of sp³-hybridized carbons (Fsp3) is 0. The molecule has 0 unspecified atom stereocenters. The van der Waals surface area contributed by atoms with Crippen molar-refractivity contribution in [3.63, 3.8) is 0 Å². The topological polar surface area (TPSA) is 123 Å². The van der Waals surface area contributed by atoms with Crippen LogP contribution in [0, 0.1) is 0 Å². The van der Waals surface area contributed by atoms with Crippen molar-refractivity contribution in [2.75, 3.05) is 4.72 Å². The number of anilines is 1. The quantitative estimate of drug-likeness (QED) is 0.538. The van der Waals surface area contributed by atoms with Gasteiger partial charge in [0, 0.05) is 22.3 Å². The minimum atomic E-state index is -4.14. The number of carbonyl (C=O) groups excluding carboxylic acids is 3. The van der Waals surface area contributed by atoms with Gasteiger partial charge in [0.1, 0.15) is 0 Å². The number of nitrogens with two attached hydrogens (primary N) is 1. The lowest BCUT2D eigenvalue weighted by molar-refractivity contribution is 0.0979. The first-order valence-electron chi connectivity index (χ1n) is 8.54. The lowest BCUT2D eigenvalue weighted by Gasteiger charge is -2.18. The summed E-state index contributed by atoms with van der Waals surface area (Å²) in [5, 5.41) is 0. The maximum Gasteiger partial charge on any atom is 0.261 e. The molecule has 0 heterocycles. The molecule has 29 heavy (non-hydrogen) atoms. The standard InChI is InChI=1S/C21H14N2O5S/c22-21(26)16-7-3-4-8-18(16)23-29(27,28)12-9-10-15-17(11-12)20(25)14-6-2-1-5-13(14)19(15)24/h1-11,23H,(H2,22,26). The number of hydrogen-bond acceptors (Lipinski definition) is 5. The Bertz CT molecular complexity index is 1310. The maximum atomic E-state index is 12.8. The molecule has 0 bridgehead atoms. The van der Waals surface area contributed by atoms with E-state index >= 15 is 0 Å². The molecule has 0 spiro atoms. The highest BCUT2D eigenvalue weighted by molar-refractivity contribution is 7.92. The van der Waals surface area contributed by atoms with Crippen molar-refractivity contribution in [1.82, 2.24) is 0 Å². The Morgan fingerprint density at radius 2 is 1.31 bits per heavy atom. The van der Waals surface area contributed by atoms with Crippen LogP contribution in [0.5, 0.6) is 0 Å². The minimum absolute atomic E-state index is 0.00853. The molecule has 0 fully saturated rings. The monoisotopic (exact) mass is 406 g/mol. The van der Waals surface area contributed by atoms with Crippen molar-refractivity contribution in [3.8, 4) is 0 Å². The molecule has 0 saturated heterocycles. The summed E-state index contributed by atoms with van der Waals surface area (Å²) in [6.45, 7) is 0. The van der Waals surface area contributed by atoms with Crippen LogP contribution in [0.3, 0.4) is 0 Å². The molecule has 0 saturated carbocycles. The van der Waals surface area contributed by atoms with E-state index in [-0.39, 0.29) is 44.2 Å². The van der Waals surface area contributed by atoms with E-state index in [1.54, 1.807) is 30.3 Å². The Morgan fingerprint density at radius 3 is 1.97 bits per heavy atom. The number of fused-ring (bicyclic) bond motifs is 2. The van der Waals surface area contributed by atoms with Gasteiger partial charge < -0.3 is 5.73 Å². The maximum absolute atomic E-state index is 12.8. The Balaban J connectivity index is 1.77. The number of amides is 1. The van der Waals surface area contributed by atoms with Crippen molar-refractivity contribution in [1.29, 1.82) is 0 Å². The van der Waals surface area contributed by atoms with Crippen LogP contribution in [0.15, 0.2) is 71.6 Å². The van der Waals surface area contributed by atoms with Gasteiger partial charge in [-0.05, 0) is 30.3 Å². The van der Waals surface area contributed by atoms with Crippen LogP contribution in [-0.2, 0) is 10.0 Å². The van der Waals surface area contributed by atoms with Crippen molar-refractivity contribution >= 4 is 33.2 Å². The molecule has 8 heteroatoms. The van der Waals surface area contributed by atoms with Crippen molar-refractivity contribution in [2.24, 2.45) is 5.73 Å². The van der Waals surface area contributed by atoms with E-state index in [9.17, 15) is 22.8 Å². The van der Waals surface area contributed by atoms with Gasteiger partial charge >= 0.3 is 0 Å². The molecule has 144 valence electrons. The molecule has 0 radical (unpaired) electrons. The van der Waals surface area contributed by atoms with E-state index in [1.807, 2.05) is 0 Å². The van der Waals surface area contributed by atoms with Gasteiger partial charge in [-0.2, -0.15) is 0 Å². The van der Waals surface area contributed by atoms with E-state index in [2.05, 4.69) is 4.72 Å². The highest BCUT2D eigenvalue weighted by atomic mass is 32.2. The van der Waals surface area contributed by atoms with E-state index in [1.165, 1.54) is 36.4 Å². The Kier molecular flexibility index (Phi) is 4.28. The number of para-hydroxylation sites is 1. The molecule has 1 amide bonds. The third-order valence-electron chi connectivity index (χ3n) is 4.64. The number of sulfonamides is 1. The first-order valence-corrected chi connectivity index (χ1v) is 10.0. The summed E-state index contributed by atoms with van der Waals surface area (Å²) < 4.78 is 28.0. The second-order valence-electron chi connectivity index (χ2n) is 6.43. The van der Waals surface area contributed by atoms with Gasteiger partial charge in [0.25, 0.3) is 15.9 Å². The summed E-state index contributed by atoms with van der Waals surface area (Å²) in [6, 6.07) is 16.0. The molecule has 0 atom stereocenters. The molecule has 1 aliphatic carbocycles. The highest BCUT2D eigenvalue weighted by Gasteiger charge is 2.31.